The lowest BCUT2D eigenvalue weighted by atomic mass is 10.1. The van der Waals surface area contributed by atoms with Gasteiger partial charge in [0.25, 0.3) is 0 Å². The maximum absolute atomic E-state index is 12.5. The Morgan fingerprint density at radius 1 is 1.28 bits per heavy atom. The number of rotatable bonds is 6. The van der Waals surface area contributed by atoms with Gasteiger partial charge in [0.15, 0.2) is 0 Å². The van der Waals surface area contributed by atoms with E-state index in [-0.39, 0.29) is 5.91 Å². The zero-order valence-electron chi connectivity index (χ0n) is 14.9. The van der Waals surface area contributed by atoms with E-state index in [1.807, 2.05) is 36.1 Å². The molecule has 1 aromatic heterocycles. The van der Waals surface area contributed by atoms with Crippen LogP contribution in [0, 0.1) is 6.92 Å². The molecule has 1 saturated heterocycles. The van der Waals surface area contributed by atoms with E-state index >= 15 is 0 Å². The van der Waals surface area contributed by atoms with Crippen molar-refractivity contribution in [2.75, 3.05) is 33.3 Å². The van der Waals surface area contributed by atoms with Crippen LogP contribution in [0.2, 0.25) is 0 Å². The second-order valence-corrected chi connectivity index (χ2v) is 6.42. The number of hydrogen-bond acceptors (Lipinski definition) is 5. The number of ether oxygens (including phenoxy) is 1. The van der Waals surface area contributed by atoms with E-state index < -0.39 is 0 Å². The fourth-order valence-corrected chi connectivity index (χ4v) is 3.10. The average molecular weight is 343 g/mol. The molecule has 6 heteroatoms. The zero-order chi connectivity index (χ0) is 17.6. The van der Waals surface area contributed by atoms with Gasteiger partial charge in [0, 0.05) is 44.7 Å². The van der Waals surface area contributed by atoms with Crippen LogP contribution in [0.15, 0.2) is 35.0 Å². The lowest BCUT2D eigenvalue weighted by Gasteiger charge is -2.34. The van der Waals surface area contributed by atoms with Crippen LogP contribution in [0.3, 0.4) is 0 Å². The molecule has 0 unspecified atom stereocenters. The van der Waals surface area contributed by atoms with Crippen molar-refractivity contribution in [3.63, 3.8) is 0 Å². The first-order chi connectivity index (χ1) is 12.2. The van der Waals surface area contributed by atoms with Crippen LogP contribution in [0.4, 0.5) is 0 Å². The van der Waals surface area contributed by atoms with Gasteiger partial charge in [0.1, 0.15) is 11.5 Å². The lowest BCUT2D eigenvalue weighted by Crippen LogP contribution is -2.48. The van der Waals surface area contributed by atoms with E-state index in [4.69, 9.17) is 9.26 Å². The minimum atomic E-state index is 0.226. The Morgan fingerprint density at radius 2 is 2.08 bits per heavy atom. The third kappa shape index (κ3) is 4.60. The first kappa shape index (κ1) is 17.5. The highest BCUT2D eigenvalue weighted by Gasteiger charge is 2.21. The fraction of sp³-hybridized carbons (Fsp3) is 0.474. The Balaban J connectivity index is 1.44. The van der Waals surface area contributed by atoms with Crippen molar-refractivity contribution in [2.24, 2.45) is 0 Å². The summed E-state index contributed by atoms with van der Waals surface area (Å²) in [5.74, 6) is 1.93. The molecule has 0 bridgehead atoms. The molecule has 1 amide bonds. The number of benzene rings is 1. The highest BCUT2D eigenvalue weighted by molar-refractivity contribution is 5.76. The number of nitrogens with zero attached hydrogens (tertiary/aromatic N) is 3. The predicted octanol–water partition coefficient (Wildman–Crippen LogP) is 2.27. The van der Waals surface area contributed by atoms with Gasteiger partial charge < -0.3 is 14.2 Å². The molecular formula is C19H25N3O3. The quantitative estimate of drug-likeness (QED) is 0.805. The molecule has 134 valence electrons. The molecule has 0 aliphatic carbocycles. The monoisotopic (exact) mass is 343 g/mol. The highest BCUT2D eigenvalue weighted by Crippen LogP contribution is 2.16. The van der Waals surface area contributed by atoms with Crippen LogP contribution in [-0.4, -0.2) is 54.2 Å². The molecule has 0 saturated carbocycles. The summed E-state index contributed by atoms with van der Waals surface area (Å²) in [4.78, 5) is 16.8. The minimum Gasteiger partial charge on any atom is -0.497 e. The second-order valence-electron chi connectivity index (χ2n) is 6.42. The number of aryl methyl sites for hydroxylation is 2. The van der Waals surface area contributed by atoms with Crippen LogP contribution in [0.25, 0.3) is 0 Å². The van der Waals surface area contributed by atoms with Gasteiger partial charge in [-0.25, -0.2) is 0 Å². The van der Waals surface area contributed by atoms with Crippen LogP contribution in [0.1, 0.15) is 23.3 Å². The number of aromatic nitrogens is 1. The van der Waals surface area contributed by atoms with Gasteiger partial charge in [-0.3, -0.25) is 9.69 Å². The molecule has 1 fully saturated rings. The maximum atomic E-state index is 12.5. The van der Waals surface area contributed by atoms with Crippen LogP contribution >= 0.6 is 0 Å². The molecule has 0 radical (unpaired) electrons. The van der Waals surface area contributed by atoms with Crippen molar-refractivity contribution in [1.82, 2.24) is 15.0 Å². The van der Waals surface area contributed by atoms with Gasteiger partial charge in [-0.1, -0.05) is 17.3 Å². The Labute approximate surface area is 148 Å². The van der Waals surface area contributed by atoms with Crippen molar-refractivity contribution in [3.8, 4) is 5.75 Å². The third-order valence-electron chi connectivity index (χ3n) is 4.73. The summed E-state index contributed by atoms with van der Waals surface area (Å²) in [6, 6.07) is 7.91. The molecule has 2 heterocycles. The summed E-state index contributed by atoms with van der Waals surface area (Å²) in [7, 11) is 1.66. The SMILES string of the molecule is COc1cccc(CCC(=O)N2CCN(Cc3cnoc3C)CC2)c1. The van der Waals surface area contributed by atoms with Crippen molar-refractivity contribution < 1.29 is 14.1 Å². The largest absolute Gasteiger partial charge is 0.497 e. The molecule has 0 N–H and O–H groups in total. The van der Waals surface area contributed by atoms with Crippen molar-refractivity contribution in [2.45, 2.75) is 26.3 Å². The third-order valence-corrected chi connectivity index (χ3v) is 4.73. The standard InChI is InChI=1S/C19H25N3O3/c1-15-17(13-20-25-15)14-21-8-10-22(11-9-21)19(23)7-6-16-4-3-5-18(12-16)24-2/h3-5,12-13H,6-11,14H2,1-2H3. The van der Waals surface area contributed by atoms with E-state index in [0.29, 0.717) is 6.42 Å². The number of carbonyl (C=O) groups is 1. The summed E-state index contributed by atoms with van der Waals surface area (Å²) >= 11 is 0. The van der Waals surface area contributed by atoms with E-state index in [0.717, 1.165) is 61.8 Å². The molecular weight excluding hydrogens is 318 g/mol. The minimum absolute atomic E-state index is 0.226. The van der Waals surface area contributed by atoms with Crippen molar-refractivity contribution in [1.29, 1.82) is 0 Å². The summed E-state index contributed by atoms with van der Waals surface area (Å²) in [5, 5.41) is 3.82. The summed E-state index contributed by atoms with van der Waals surface area (Å²) in [6.07, 6.45) is 3.06. The molecule has 0 spiro atoms. The number of methoxy groups -OCH3 is 1. The Hall–Kier alpha value is -2.34. The molecule has 6 nitrogen and oxygen atoms in total. The normalized spacial score (nSPS) is 15.4. The van der Waals surface area contributed by atoms with Gasteiger partial charge in [-0.2, -0.15) is 0 Å². The lowest BCUT2D eigenvalue weighted by molar-refractivity contribution is -0.133. The topological polar surface area (TPSA) is 58.8 Å². The molecule has 1 aliphatic heterocycles. The van der Waals surface area contributed by atoms with Crippen LogP contribution < -0.4 is 4.74 Å². The summed E-state index contributed by atoms with van der Waals surface area (Å²) in [5.41, 5.74) is 2.26. The average Bonchev–Trinajstić information content (AvgIpc) is 3.05. The zero-order valence-corrected chi connectivity index (χ0v) is 14.9. The molecule has 0 atom stereocenters. The van der Waals surface area contributed by atoms with Crippen LogP contribution in [-0.2, 0) is 17.8 Å². The first-order valence-corrected chi connectivity index (χ1v) is 8.69. The Kier molecular flexibility index (Phi) is 5.71. The van der Waals surface area contributed by atoms with Crippen molar-refractivity contribution >= 4 is 5.91 Å². The van der Waals surface area contributed by atoms with Gasteiger partial charge in [-0.15, -0.1) is 0 Å². The van der Waals surface area contributed by atoms with Gasteiger partial charge in [-0.05, 0) is 31.0 Å². The number of amides is 1. The highest BCUT2D eigenvalue weighted by atomic mass is 16.5. The predicted molar refractivity (Wildman–Crippen MR) is 94.4 cm³/mol. The summed E-state index contributed by atoms with van der Waals surface area (Å²) in [6.45, 7) is 6.09. The van der Waals surface area contributed by atoms with Gasteiger partial charge in [0.2, 0.25) is 5.91 Å². The fourth-order valence-electron chi connectivity index (χ4n) is 3.10. The molecule has 25 heavy (non-hydrogen) atoms. The Morgan fingerprint density at radius 3 is 2.76 bits per heavy atom. The summed E-state index contributed by atoms with van der Waals surface area (Å²) < 4.78 is 10.3. The maximum Gasteiger partial charge on any atom is 0.222 e. The molecule has 1 aliphatic rings. The number of carbonyl (C=O) groups excluding carboxylic acids is 1. The van der Waals surface area contributed by atoms with E-state index in [9.17, 15) is 4.79 Å². The molecule has 1 aromatic carbocycles. The van der Waals surface area contributed by atoms with Crippen LogP contribution in [0.5, 0.6) is 5.75 Å². The Bertz CT molecular complexity index is 705. The van der Waals surface area contributed by atoms with Gasteiger partial charge in [0.05, 0.1) is 13.3 Å². The smallest absolute Gasteiger partial charge is 0.222 e. The van der Waals surface area contributed by atoms with Gasteiger partial charge >= 0.3 is 0 Å². The molecule has 3 rings (SSSR count). The van der Waals surface area contributed by atoms with E-state index in [1.165, 1.54) is 0 Å². The second kappa shape index (κ2) is 8.16. The first-order valence-electron chi connectivity index (χ1n) is 8.69. The number of hydrogen-bond donors (Lipinski definition) is 0. The van der Waals surface area contributed by atoms with E-state index in [2.05, 4.69) is 10.1 Å². The molecule has 2 aromatic rings. The number of piperazine rings is 1. The van der Waals surface area contributed by atoms with Crippen molar-refractivity contribution in [3.05, 3.63) is 47.3 Å². The van der Waals surface area contributed by atoms with E-state index in [1.54, 1.807) is 13.3 Å².